The third-order valence-electron chi connectivity index (χ3n) is 2.94. The number of hydrogen-bond donors (Lipinski definition) is 1. The molecule has 0 bridgehead atoms. The van der Waals surface area contributed by atoms with E-state index in [2.05, 4.69) is 15.2 Å². The molecule has 0 atom stereocenters. The van der Waals surface area contributed by atoms with Crippen LogP contribution in [-0.2, 0) is 19.4 Å². The first-order valence-corrected chi connectivity index (χ1v) is 6.94. The van der Waals surface area contributed by atoms with Crippen LogP contribution in [0.5, 0.6) is 11.8 Å². The van der Waals surface area contributed by atoms with Crippen LogP contribution in [-0.4, -0.2) is 15.2 Å². The number of aromatic nitrogens is 3. The van der Waals surface area contributed by atoms with Gasteiger partial charge in [-0.2, -0.15) is 4.98 Å². The Bertz CT molecular complexity index is 604. The first kappa shape index (κ1) is 14.7. The normalized spacial score (nSPS) is 10.6. The standard InChI is InChI=1S/C14H17ClN4O/c1-3-11-12(4-2)18-19-14(17-11)20-13-7-10(15)6-5-9(13)8-16/h5-7H,3-4,8,16H2,1-2H3. The average Bonchev–Trinajstić information content (AvgIpc) is 2.47. The van der Waals surface area contributed by atoms with Gasteiger partial charge in [-0.25, -0.2) is 0 Å². The van der Waals surface area contributed by atoms with Gasteiger partial charge in [0.2, 0.25) is 0 Å². The van der Waals surface area contributed by atoms with Gasteiger partial charge in [0.05, 0.1) is 11.4 Å². The number of nitrogens with zero attached hydrogens (tertiary/aromatic N) is 3. The van der Waals surface area contributed by atoms with Crippen LogP contribution < -0.4 is 10.5 Å². The van der Waals surface area contributed by atoms with E-state index in [1.165, 1.54) is 0 Å². The molecular weight excluding hydrogens is 276 g/mol. The Kier molecular flexibility index (Phi) is 4.87. The predicted molar refractivity (Wildman–Crippen MR) is 78.0 cm³/mol. The van der Waals surface area contributed by atoms with Gasteiger partial charge in [-0.05, 0) is 25.0 Å². The molecule has 2 rings (SSSR count). The molecule has 1 heterocycles. The van der Waals surface area contributed by atoms with Crippen molar-refractivity contribution in [3.63, 3.8) is 0 Å². The second-order valence-electron chi connectivity index (χ2n) is 4.25. The number of aryl methyl sites for hydroxylation is 2. The van der Waals surface area contributed by atoms with E-state index in [4.69, 9.17) is 22.1 Å². The van der Waals surface area contributed by atoms with E-state index in [0.717, 1.165) is 29.8 Å². The molecule has 20 heavy (non-hydrogen) atoms. The summed E-state index contributed by atoms with van der Waals surface area (Å²) in [6, 6.07) is 5.52. The molecule has 0 fully saturated rings. The topological polar surface area (TPSA) is 73.9 Å². The molecule has 0 aliphatic heterocycles. The lowest BCUT2D eigenvalue weighted by Gasteiger charge is -2.10. The van der Waals surface area contributed by atoms with Crippen molar-refractivity contribution in [2.75, 3.05) is 0 Å². The second-order valence-corrected chi connectivity index (χ2v) is 4.69. The molecule has 0 spiro atoms. The van der Waals surface area contributed by atoms with E-state index in [0.29, 0.717) is 17.3 Å². The van der Waals surface area contributed by atoms with E-state index in [-0.39, 0.29) is 6.01 Å². The summed E-state index contributed by atoms with van der Waals surface area (Å²) in [4.78, 5) is 4.38. The van der Waals surface area contributed by atoms with E-state index >= 15 is 0 Å². The van der Waals surface area contributed by atoms with Crippen molar-refractivity contribution in [1.82, 2.24) is 15.2 Å². The van der Waals surface area contributed by atoms with Gasteiger partial charge in [0, 0.05) is 17.1 Å². The third-order valence-corrected chi connectivity index (χ3v) is 3.18. The van der Waals surface area contributed by atoms with Crippen molar-refractivity contribution < 1.29 is 4.74 Å². The van der Waals surface area contributed by atoms with Gasteiger partial charge in [-0.1, -0.05) is 36.6 Å². The highest BCUT2D eigenvalue weighted by Crippen LogP contribution is 2.26. The summed E-state index contributed by atoms with van der Waals surface area (Å²) in [7, 11) is 0. The van der Waals surface area contributed by atoms with Crippen molar-refractivity contribution in [2.45, 2.75) is 33.2 Å². The minimum absolute atomic E-state index is 0.219. The Hall–Kier alpha value is -1.72. The number of ether oxygens (including phenoxy) is 1. The molecule has 1 aromatic carbocycles. The number of rotatable bonds is 5. The van der Waals surface area contributed by atoms with E-state index in [1.807, 2.05) is 19.9 Å². The fraction of sp³-hybridized carbons (Fsp3) is 0.357. The highest BCUT2D eigenvalue weighted by atomic mass is 35.5. The number of halogens is 1. The van der Waals surface area contributed by atoms with Crippen LogP contribution in [0.3, 0.4) is 0 Å². The molecule has 0 aliphatic carbocycles. The predicted octanol–water partition coefficient (Wildman–Crippen LogP) is 2.90. The SMILES string of the molecule is CCc1nnc(Oc2cc(Cl)ccc2CN)nc1CC. The highest BCUT2D eigenvalue weighted by molar-refractivity contribution is 6.30. The van der Waals surface area contributed by atoms with Crippen LogP contribution in [0.25, 0.3) is 0 Å². The van der Waals surface area contributed by atoms with Crippen LogP contribution in [0.2, 0.25) is 5.02 Å². The van der Waals surface area contributed by atoms with Crippen LogP contribution in [0.15, 0.2) is 18.2 Å². The molecule has 2 N–H and O–H groups in total. The van der Waals surface area contributed by atoms with Crippen molar-refractivity contribution in [1.29, 1.82) is 0 Å². The fourth-order valence-electron chi connectivity index (χ4n) is 1.85. The van der Waals surface area contributed by atoms with Gasteiger partial charge in [0.25, 0.3) is 0 Å². The van der Waals surface area contributed by atoms with E-state index in [9.17, 15) is 0 Å². The molecule has 5 nitrogen and oxygen atoms in total. The molecule has 0 unspecified atom stereocenters. The van der Waals surface area contributed by atoms with Crippen LogP contribution in [0.1, 0.15) is 30.8 Å². The summed E-state index contributed by atoms with van der Waals surface area (Å²) in [5.41, 5.74) is 8.31. The first-order valence-electron chi connectivity index (χ1n) is 6.56. The van der Waals surface area contributed by atoms with Gasteiger partial charge in [0.1, 0.15) is 5.75 Å². The molecule has 106 valence electrons. The maximum Gasteiger partial charge on any atom is 0.341 e. The van der Waals surface area contributed by atoms with Gasteiger partial charge in [-0.3, -0.25) is 0 Å². The third kappa shape index (κ3) is 3.23. The monoisotopic (exact) mass is 292 g/mol. The molecule has 6 heteroatoms. The minimum atomic E-state index is 0.219. The Balaban J connectivity index is 2.32. The van der Waals surface area contributed by atoms with Crippen molar-refractivity contribution in [3.05, 3.63) is 40.2 Å². The van der Waals surface area contributed by atoms with Gasteiger partial charge < -0.3 is 10.5 Å². The second kappa shape index (κ2) is 6.63. The molecule has 0 saturated carbocycles. The van der Waals surface area contributed by atoms with Crippen molar-refractivity contribution in [2.24, 2.45) is 5.73 Å². The van der Waals surface area contributed by atoms with Gasteiger partial charge >= 0.3 is 6.01 Å². The van der Waals surface area contributed by atoms with E-state index in [1.54, 1.807) is 12.1 Å². The summed E-state index contributed by atoms with van der Waals surface area (Å²) in [5, 5.41) is 8.71. The molecule has 0 aliphatic rings. The Morgan fingerprint density at radius 1 is 1.15 bits per heavy atom. The van der Waals surface area contributed by atoms with Gasteiger partial charge in [-0.15, -0.1) is 5.10 Å². The van der Waals surface area contributed by atoms with Crippen molar-refractivity contribution >= 4 is 11.6 Å². The molecular formula is C14H17ClN4O. The van der Waals surface area contributed by atoms with Crippen LogP contribution in [0.4, 0.5) is 0 Å². The Morgan fingerprint density at radius 3 is 2.55 bits per heavy atom. The van der Waals surface area contributed by atoms with E-state index < -0.39 is 0 Å². The summed E-state index contributed by atoms with van der Waals surface area (Å²) in [6.07, 6.45) is 1.59. The quantitative estimate of drug-likeness (QED) is 0.917. The zero-order valence-corrected chi connectivity index (χ0v) is 12.3. The highest BCUT2D eigenvalue weighted by Gasteiger charge is 2.10. The lowest BCUT2D eigenvalue weighted by atomic mass is 10.2. The number of nitrogens with two attached hydrogens (primary N) is 1. The lowest BCUT2D eigenvalue weighted by molar-refractivity contribution is 0.424. The summed E-state index contributed by atoms with van der Waals surface area (Å²) < 4.78 is 5.67. The number of benzene rings is 1. The summed E-state index contributed by atoms with van der Waals surface area (Å²) in [6.45, 7) is 4.40. The smallest absolute Gasteiger partial charge is 0.341 e. The van der Waals surface area contributed by atoms with Crippen LogP contribution in [0, 0.1) is 0 Å². The molecule has 0 radical (unpaired) electrons. The first-order chi connectivity index (χ1) is 9.67. The maximum absolute atomic E-state index is 5.97. The van der Waals surface area contributed by atoms with Gasteiger partial charge in [0.15, 0.2) is 0 Å². The zero-order valence-electron chi connectivity index (χ0n) is 11.6. The fourth-order valence-corrected chi connectivity index (χ4v) is 2.02. The molecule has 0 saturated heterocycles. The summed E-state index contributed by atoms with van der Waals surface area (Å²) >= 11 is 5.97. The largest absolute Gasteiger partial charge is 0.423 e. The van der Waals surface area contributed by atoms with Crippen LogP contribution >= 0.6 is 11.6 Å². The Morgan fingerprint density at radius 2 is 1.90 bits per heavy atom. The Labute approximate surface area is 123 Å². The number of hydrogen-bond acceptors (Lipinski definition) is 5. The zero-order chi connectivity index (χ0) is 14.5. The van der Waals surface area contributed by atoms with Crippen molar-refractivity contribution in [3.8, 4) is 11.8 Å². The molecule has 2 aromatic rings. The maximum atomic E-state index is 5.97. The molecule has 0 amide bonds. The molecule has 1 aromatic heterocycles. The summed E-state index contributed by atoms with van der Waals surface area (Å²) in [5.74, 6) is 0.563. The lowest BCUT2D eigenvalue weighted by Crippen LogP contribution is -2.06. The average molecular weight is 293 g/mol. The minimum Gasteiger partial charge on any atom is -0.423 e.